The molecule has 1 amide bonds. The van der Waals surface area contributed by atoms with Crippen molar-refractivity contribution in [1.82, 2.24) is 5.73 Å². The summed E-state index contributed by atoms with van der Waals surface area (Å²) in [6, 6.07) is 0. The molecule has 0 aliphatic heterocycles. The number of hydrogen-bond donors (Lipinski definition) is 1. The fraction of sp³-hybridized carbons (Fsp3) is 0. The van der Waals surface area contributed by atoms with E-state index in [1.807, 2.05) is 0 Å². The van der Waals surface area contributed by atoms with E-state index < -0.39 is 6.09 Å². The van der Waals surface area contributed by atoms with Gasteiger partial charge in [0, 0.05) is 0 Å². The Hall–Kier alpha value is -0.730. The molecule has 0 atom stereocenters. The molecule has 0 bridgehead atoms. The number of carbonyl (C=O) groups is 1. The van der Waals surface area contributed by atoms with Crippen LogP contribution in [0.3, 0.4) is 0 Å². The Bertz CT molecular complexity index is 29.0. The minimum atomic E-state index is -1.83. The average molecular weight is 59.0 g/mol. The van der Waals surface area contributed by atoms with Crippen molar-refractivity contribution in [1.29, 1.82) is 0 Å². The maximum atomic E-state index is 8.56. The van der Waals surface area contributed by atoms with E-state index in [1.165, 1.54) is 0 Å². The molecule has 4 heavy (non-hydrogen) atoms. The molecule has 0 saturated heterocycles. The van der Waals surface area contributed by atoms with Crippen molar-refractivity contribution >= 4 is 6.09 Å². The number of rotatable bonds is 0. The number of hydrogen-bond acceptors (Lipinski definition) is 1. The Kier molecular flexibility index (Phi) is 0.581. The maximum Gasteiger partial charge on any atom is 0.450 e. The molecular weight excluding hydrogens is 58.0 g/mol. The number of amides is 1. The van der Waals surface area contributed by atoms with Gasteiger partial charge in [-0.05, 0) is 0 Å². The van der Waals surface area contributed by atoms with Crippen LogP contribution in [0.1, 0.15) is 0 Å². The van der Waals surface area contributed by atoms with Gasteiger partial charge in [-0.25, -0.2) is 4.79 Å². The van der Waals surface area contributed by atoms with Gasteiger partial charge >= 0.3 is 6.09 Å². The molecular formula is CHNO2. The fourth-order valence-electron chi connectivity index (χ4n) is 0. The first kappa shape index (κ1) is 3.27. The zero-order valence-electron chi connectivity index (χ0n) is 1.80. The van der Waals surface area contributed by atoms with Crippen LogP contribution in [0, 0.1) is 0 Å². The van der Waals surface area contributed by atoms with Crippen LogP contribution in [0.4, 0.5) is 4.79 Å². The summed E-state index contributed by atoms with van der Waals surface area (Å²) in [6.07, 6.45) is -1.83. The molecule has 0 rings (SSSR count). The molecule has 2 radical (unpaired) electrons. The lowest BCUT2D eigenvalue weighted by Gasteiger charge is -1.54. The summed E-state index contributed by atoms with van der Waals surface area (Å²) in [5.41, 5.74) is 6.97. The van der Waals surface area contributed by atoms with Crippen LogP contribution in [0.2, 0.25) is 0 Å². The molecule has 0 fully saturated rings. The average Bonchev–Trinajstić information content (AvgIpc) is 0.811. The van der Waals surface area contributed by atoms with E-state index in [9.17, 15) is 0 Å². The van der Waals surface area contributed by atoms with Crippen LogP contribution in [0.25, 0.3) is 0 Å². The highest BCUT2D eigenvalue weighted by Gasteiger charge is 1.72. The van der Waals surface area contributed by atoms with Gasteiger partial charge in [-0.3, -0.25) is 0 Å². The first-order valence-corrected chi connectivity index (χ1v) is 0.651. The molecule has 0 aromatic carbocycles. The van der Waals surface area contributed by atoms with E-state index in [1.54, 1.807) is 0 Å². The normalized spacial score (nSPS) is 6.00. The number of carboxylic acid groups (broad SMARTS) is 1. The fourth-order valence-corrected chi connectivity index (χ4v) is 0. The van der Waals surface area contributed by atoms with Gasteiger partial charge in [-0.1, -0.05) is 5.73 Å². The molecule has 0 heterocycles. The third kappa shape index (κ3) is 0.174. The monoisotopic (exact) mass is 59.0 g/mol. The zero-order valence-corrected chi connectivity index (χ0v) is 1.80. The molecule has 0 unspecified atom stereocenters. The standard InChI is InChI=1S/CHNO2/c2-1(3)4/h(H,3,4). The van der Waals surface area contributed by atoms with E-state index in [0.29, 0.717) is 0 Å². The molecule has 0 spiro atoms. The molecule has 0 aliphatic carbocycles. The van der Waals surface area contributed by atoms with E-state index in [4.69, 9.17) is 15.6 Å². The van der Waals surface area contributed by atoms with Crippen molar-refractivity contribution in [3.8, 4) is 0 Å². The summed E-state index contributed by atoms with van der Waals surface area (Å²) < 4.78 is 0. The zero-order chi connectivity index (χ0) is 3.58. The minimum absolute atomic E-state index is 1.83. The molecule has 3 nitrogen and oxygen atoms in total. The van der Waals surface area contributed by atoms with Gasteiger partial charge in [0.2, 0.25) is 0 Å². The molecule has 0 aliphatic rings. The number of nitrogens with zero attached hydrogens (tertiary/aromatic N) is 1. The van der Waals surface area contributed by atoms with Crippen LogP contribution < -0.4 is 5.73 Å². The van der Waals surface area contributed by atoms with Crippen molar-refractivity contribution in [2.75, 3.05) is 0 Å². The largest absolute Gasteiger partial charge is 0.462 e. The summed E-state index contributed by atoms with van der Waals surface area (Å²) in [5, 5.41) is 6.97. The van der Waals surface area contributed by atoms with Gasteiger partial charge in [0.15, 0.2) is 0 Å². The third-order valence-corrected chi connectivity index (χ3v) is 0. The molecule has 0 aromatic heterocycles. The first-order chi connectivity index (χ1) is 1.73. The van der Waals surface area contributed by atoms with Gasteiger partial charge in [0.25, 0.3) is 0 Å². The highest BCUT2D eigenvalue weighted by molar-refractivity contribution is 5.60. The minimum Gasteiger partial charge on any atom is -0.462 e. The summed E-state index contributed by atoms with van der Waals surface area (Å²) in [7, 11) is 0. The Morgan fingerprint density at radius 2 is 2.00 bits per heavy atom. The van der Waals surface area contributed by atoms with E-state index >= 15 is 0 Å². The van der Waals surface area contributed by atoms with Gasteiger partial charge in [-0.15, -0.1) is 0 Å². The molecule has 3 heteroatoms. The Balaban J connectivity index is 2.80. The Morgan fingerprint density at radius 3 is 2.00 bits per heavy atom. The second-order valence-corrected chi connectivity index (χ2v) is 0.283. The van der Waals surface area contributed by atoms with Crippen LogP contribution >= 0.6 is 0 Å². The van der Waals surface area contributed by atoms with E-state index in [0.717, 1.165) is 0 Å². The van der Waals surface area contributed by atoms with Gasteiger partial charge in [0.1, 0.15) is 0 Å². The summed E-state index contributed by atoms with van der Waals surface area (Å²) >= 11 is 0. The predicted molar refractivity (Wildman–Crippen MR) is 10.2 cm³/mol. The first-order valence-electron chi connectivity index (χ1n) is 0.651. The molecule has 1 N–H and O–H groups in total. The van der Waals surface area contributed by atoms with Crippen molar-refractivity contribution in [3.05, 3.63) is 0 Å². The molecule has 22 valence electrons. The van der Waals surface area contributed by atoms with Crippen molar-refractivity contribution in [2.45, 2.75) is 0 Å². The van der Waals surface area contributed by atoms with Crippen LogP contribution in [0.5, 0.6) is 0 Å². The highest BCUT2D eigenvalue weighted by Crippen LogP contribution is 1.40. The lowest BCUT2D eigenvalue weighted by molar-refractivity contribution is 0.203. The van der Waals surface area contributed by atoms with Crippen LogP contribution in [-0.2, 0) is 0 Å². The van der Waals surface area contributed by atoms with Crippen molar-refractivity contribution in [3.63, 3.8) is 0 Å². The van der Waals surface area contributed by atoms with Crippen molar-refractivity contribution in [2.24, 2.45) is 0 Å². The van der Waals surface area contributed by atoms with E-state index in [2.05, 4.69) is 0 Å². The summed E-state index contributed by atoms with van der Waals surface area (Å²) in [5.74, 6) is 0. The van der Waals surface area contributed by atoms with Crippen LogP contribution in [-0.4, -0.2) is 11.2 Å². The van der Waals surface area contributed by atoms with E-state index in [-0.39, 0.29) is 0 Å². The van der Waals surface area contributed by atoms with Gasteiger partial charge in [0.05, 0.1) is 0 Å². The lowest BCUT2D eigenvalue weighted by Crippen LogP contribution is -1.86. The Labute approximate surface area is 23.0 Å². The summed E-state index contributed by atoms with van der Waals surface area (Å²) in [4.78, 5) is 8.56. The van der Waals surface area contributed by atoms with Gasteiger partial charge < -0.3 is 5.11 Å². The lowest BCUT2D eigenvalue weighted by atomic mass is 11.3. The third-order valence-electron chi connectivity index (χ3n) is 0. The smallest absolute Gasteiger partial charge is 0.450 e. The van der Waals surface area contributed by atoms with Crippen molar-refractivity contribution < 1.29 is 9.90 Å². The highest BCUT2D eigenvalue weighted by atomic mass is 16.4. The molecule has 0 saturated carbocycles. The second kappa shape index (κ2) is 0.711. The maximum absolute atomic E-state index is 8.56. The van der Waals surface area contributed by atoms with Gasteiger partial charge in [-0.2, -0.15) is 0 Å². The Morgan fingerprint density at radius 1 is 2.00 bits per heavy atom. The quantitative estimate of drug-likeness (QED) is 0.417. The predicted octanol–water partition coefficient (Wildman–Crippen LogP) is -0.267. The topological polar surface area (TPSA) is 59.6 Å². The van der Waals surface area contributed by atoms with Crippen LogP contribution in [0.15, 0.2) is 0 Å². The summed E-state index contributed by atoms with van der Waals surface area (Å²) in [6.45, 7) is 0. The SMILES string of the molecule is [N]C(=O)O. The molecule has 0 aromatic rings. The second-order valence-electron chi connectivity index (χ2n) is 0.283.